The Morgan fingerprint density at radius 1 is 1.41 bits per heavy atom. The van der Waals surface area contributed by atoms with Crippen LogP contribution in [0.25, 0.3) is 0 Å². The van der Waals surface area contributed by atoms with Gasteiger partial charge in [-0.3, -0.25) is 9.69 Å². The molecule has 3 rings (SSSR count). The number of fused-ring (bicyclic) bond motifs is 1. The number of likely N-dealkylation sites (N-methyl/N-ethyl adjacent to an activating group) is 1. The summed E-state index contributed by atoms with van der Waals surface area (Å²) < 4.78 is 6.83. The molecule has 1 saturated heterocycles. The van der Waals surface area contributed by atoms with Crippen LogP contribution in [-0.2, 0) is 17.8 Å². The molecule has 0 saturated carbocycles. The molecule has 0 atom stereocenters. The Balaban J connectivity index is 1.62. The van der Waals surface area contributed by atoms with Gasteiger partial charge in [0.15, 0.2) is 0 Å². The molecule has 0 radical (unpaired) electrons. The van der Waals surface area contributed by atoms with Crippen molar-refractivity contribution in [2.75, 3.05) is 46.4 Å². The van der Waals surface area contributed by atoms with E-state index in [1.54, 1.807) is 0 Å². The molecule has 22 heavy (non-hydrogen) atoms. The van der Waals surface area contributed by atoms with Gasteiger partial charge >= 0.3 is 0 Å². The Hall–Kier alpha value is -1.11. The lowest BCUT2D eigenvalue weighted by Crippen LogP contribution is -2.49. The van der Waals surface area contributed by atoms with E-state index in [1.165, 1.54) is 5.56 Å². The van der Waals surface area contributed by atoms with Crippen LogP contribution in [0.5, 0.6) is 5.75 Å². The van der Waals surface area contributed by atoms with Gasteiger partial charge in [0.25, 0.3) is 0 Å². The van der Waals surface area contributed by atoms with Gasteiger partial charge in [-0.05, 0) is 24.7 Å². The largest absolute Gasteiger partial charge is 0.493 e. The normalized spacial score (nSPS) is 17.5. The molecule has 2 heterocycles. The second kappa shape index (κ2) is 6.98. The van der Waals surface area contributed by atoms with Crippen molar-refractivity contribution in [3.63, 3.8) is 0 Å². The first-order valence-corrected chi connectivity index (χ1v) is 8.54. The van der Waals surface area contributed by atoms with Crippen LogP contribution in [0, 0.1) is 0 Å². The Labute approximate surface area is 139 Å². The van der Waals surface area contributed by atoms with E-state index < -0.39 is 0 Å². The average molecular weight is 368 g/mol. The van der Waals surface area contributed by atoms with E-state index in [4.69, 9.17) is 4.74 Å². The van der Waals surface area contributed by atoms with E-state index in [9.17, 15) is 4.79 Å². The lowest BCUT2D eigenvalue weighted by atomic mass is 10.1. The molecule has 0 unspecified atom stereocenters. The highest BCUT2D eigenvalue weighted by atomic mass is 79.9. The van der Waals surface area contributed by atoms with E-state index in [0.717, 1.165) is 61.5 Å². The number of nitrogens with zero attached hydrogens (tertiary/aromatic N) is 2. The van der Waals surface area contributed by atoms with Gasteiger partial charge in [0.2, 0.25) is 5.91 Å². The highest BCUT2D eigenvalue weighted by Crippen LogP contribution is 2.33. The number of amides is 1. The molecule has 2 aliphatic heterocycles. The van der Waals surface area contributed by atoms with E-state index >= 15 is 0 Å². The van der Waals surface area contributed by atoms with Gasteiger partial charge in [-0.15, -0.1) is 0 Å². The molecule has 120 valence electrons. The van der Waals surface area contributed by atoms with Gasteiger partial charge in [-0.2, -0.15) is 0 Å². The zero-order valence-corrected chi connectivity index (χ0v) is 14.5. The molecule has 0 aromatic heterocycles. The number of piperazine rings is 1. The van der Waals surface area contributed by atoms with Crippen molar-refractivity contribution in [3.8, 4) is 5.75 Å². The number of ether oxygens (including phenoxy) is 1. The predicted molar refractivity (Wildman–Crippen MR) is 89.1 cm³/mol. The lowest BCUT2D eigenvalue weighted by Gasteiger charge is -2.29. The number of rotatable bonds is 4. The topological polar surface area (TPSA) is 44.8 Å². The zero-order chi connectivity index (χ0) is 15.5. The predicted octanol–water partition coefficient (Wildman–Crippen LogP) is 1.25. The number of halogens is 1. The van der Waals surface area contributed by atoms with Crippen LogP contribution in [0.2, 0.25) is 0 Å². The van der Waals surface area contributed by atoms with Gasteiger partial charge < -0.3 is 15.0 Å². The summed E-state index contributed by atoms with van der Waals surface area (Å²) in [5, 5.41) is 3.27. The molecule has 1 aromatic carbocycles. The fourth-order valence-electron chi connectivity index (χ4n) is 3.06. The number of carbonyl (C=O) groups excluding carboxylic acids is 1. The molecule has 6 heteroatoms. The Morgan fingerprint density at radius 3 is 2.95 bits per heavy atom. The van der Waals surface area contributed by atoms with E-state index in [-0.39, 0.29) is 5.91 Å². The molecule has 0 spiro atoms. The maximum Gasteiger partial charge on any atom is 0.236 e. The third-order valence-electron chi connectivity index (χ3n) is 4.14. The SMILES string of the molecule is CN(CC(=O)N1CCNCC1)Cc1cc(Br)cc2c1OCC2. The molecule has 1 aromatic rings. The summed E-state index contributed by atoms with van der Waals surface area (Å²) >= 11 is 3.56. The Bertz CT molecular complexity index is 559. The fourth-order valence-corrected chi connectivity index (χ4v) is 3.61. The number of hydrogen-bond donors (Lipinski definition) is 1. The molecule has 5 nitrogen and oxygen atoms in total. The van der Waals surface area contributed by atoms with Gasteiger partial charge in [0.1, 0.15) is 5.75 Å². The highest BCUT2D eigenvalue weighted by molar-refractivity contribution is 9.10. The second-order valence-electron chi connectivity index (χ2n) is 5.95. The zero-order valence-electron chi connectivity index (χ0n) is 12.9. The first kappa shape index (κ1) is 15.8. The standard InChI is InChI=1S/C16H22BrN3O2/c1-19(11-15(21)20-5-3-18-4-6-20)10-13-9-14(17)8-12-2-7-22-16(12)13/h8-9,18H,2-7,10-11H2,1H3. The van der Waals surface area contributed by atoms with E-state index in [2.05, 4.69) is 38.3 Å². The summed E-state index contributed by atoms with van der Waals surface area (Å²) in [5.41, 5.74) is 2.41. The van der Waals surface area contributed by atoms with Crippen LogP contribution < -0.4 is 10.1 Å². The molecule has 1 fully saturated rings. The maximum atomic E-state index is 12.3. The van der Waals surface area contributed by atoms with Crippen LogP contribution in [0.1, 0.15) is 11.1 Å². The van der Waals surface area contributed by atoms with Gasteiger partial charge in [-0.25, -0.2) is 0 Å². The molecular formula is C16H22BrN3O2. The van der Waals surface area contributed by atoms with Gasteiger partial charge in [0, 0.05) is 49.2 Å². The number of hydrogen-bond acceptors (Lipinski definition) is 4. The van der Waals surface area contributed by atoms with Crippen molar-refractivity contribution in [2.24, 2.45) is 0 Å². The van der Waals surface area contributed by atoms with Crippen LogP contribution in [-0.4, -0.2) is 62.1 Å². The van der Waals surface area contributed by atoms with Crippen LogP contribution in [0.15, 0.2) is 16.6 Å². The summed E-state index contributed by atoms with van der Waals surface area (Å²) in [6, 6.07) is 4.22. The summed E-state index contributed by atoms with van der Waals surface area (Å²) in [6.07, 6.45) is 0.963. The first-order valence-electron chi connectivity index (χ1n) is 7.74. The number of benzene rings is 1. The Kier molecular flexibility index (Phi) is 5.00. The lowest BCUT2D eigenvalue weighted by molar-refractivity contribution is -0.132. The minimum Gasteiger partial charge on any atom is -0.493 e. The molecule has 2 aliphatic rings. The van der Waals surface area contributed by atoms with Crippen molar-refractivity contribution < 1.29 is 9.53 Å². The monoisotopic (exact) mass is 367 g/mol. The highest BCUT2D eigenvalue weighted by Gasteiger charge is 2.21. The van der Waals surface area contributed by atoms with E-state index in [0.29, 0.717) is 6.54 Å². The van der Waals surface area contributed by atoms with Crippen molar-refractivity contribution in [3.05, 3.63) is 27.7 Å². The summed E-state index contributed by atoms with van der Waals surface area (Å²) in [4.78, 5) is 16.3. The first-order chi connectivity index (χ1) is 10.6. The number of carbonyl (C=O) groups is 1. The molecule has 0 aliphatic carbocycles. The molecule has 0 bridgehead atoms. The van der Waals surface area contributed by atoms with Gasteiger partial charge in [0.05, 0.1) is 13.2 Å². The van der Waals surface area contributed by atoms with Gasteiger partial charge in [-0.1, -0.05) is 15.9 Å². The maximum absolute atomic E-state index is 12.3. The van der Waals surface area contributed by atoms with Crippen LogP contribution in [0.4, 0.5) is 0 Å². The minimum absolute atomic E-state index is 0.205. The molecule has 1 amide bonds. The third-order valence-corrected chi connectivity index (χ3v) is 4.60. The van der Waals surface area contributed by atoms with Crippen LogP contribution in [0.3, 0.4) is 0 Å². The van der Waals surface area contributed by atoms with Crippen molar-refractivity contribution in [1.29, 1.82) is 0 Å². The molecular weight excluding hydrogens is 346 g/mol. The summed E-state index contributed by atoms with van der Waals surface area (Å²) in [5.74, 6) is 1.21. The smallest absolute Gasteiger partial charge is 0.236 e. The van der Waals surface area contributed by atoms with Crippen molar-refractivity contribution >= 4 is 21.8 Å². The van der Waals surface area contributed by atoms with E-state index in [1.807, 2.05) is 11.9 Å². The minimum atomic E-state index is 0.205. The average Bonchev–Trinajstić information content (AvgIpc) is 2.96. The fraction of sp³-hybridized carbons (Fsp3) is 0.562. The Morgan fingerprint density at radius 2 is 2.18 bits per heavy atom. The van der Waals surface area contributed by atoms with Crippen molar-refractivity contribution in [1.82, 2.24) is 15.1 Å². The molecule has 1 N–H and O–H groups in total. The van der Waals surface area contributed by atoms with Crippen LogP contribution >= 0.6 is 15.9 Å². The number of nitrogens with one attached hydrogen (secondary N) is 1. The third kappa shape index (κ3) is 3.62. The quantitative estimate of drug-likeness (QED) is 0.869. The second-order valence-corrected chi connectivity index (χ2v) is 6.87. The van der Waals surface area contributed by atoms with Crippen molar-refractivity contribution in [2.45, 2.75) is 13.0 Å². The summed E-state index contributed by atoms with van der Waals surface area (Å²) in [7, 11) is 1.99. The summed E-state index contributed by atoms with van der Waals surface area (Å²) in [6.45, 7) is 5.32.